The Balaban J connectivity index is 2.17. The lowest BCUT2D eigenvalue weighted by atomic mass is 9.88. The van der Waals surface area contributed by atoms with Crippen molar-refractivity contribution in [2.75, 3.05) is 13.2 Å². The number of carbonyl (C=O) groups is 1. The molecule has 0 aromatic heterocycles. The summed E-state index contributed by atoms with van der Waals surface area (Å²) in [7, 11) is 0. The van der Waals surface area contributed by atoms with Gasteiger partial charge in [-0.1, -0.05) is 5.57 Å². The fraction of sp³-hybridized carbons (Fsp3) is 0.700. The largest absolute Gasteiger partial charge is 0.478 e. The zero-order valence-electron chi connectivity index (χ0n) is 8.21. The van der Waals surface area contributed by atoms with Gasteiger partial charge in [-0.15, -0.1) is 0 Å². The number of carboxylic acids is 1. The predicted molar refractivity (Wildman–Crippen MR) is 48.8 cm³/mol. The Kier molecular flexibility index (Phi) is 2.33. The number of aliphatic carboxylic acids is 1. The highest BCUT2D eigenvalue weighted by atomic mass is 16.7. The van der Waals surface area contributed by atoms with Gasteiger partial charge in [-0.2, -0.15) is 0 Å². The summed E-state index contributed by atoms with van der Waals surface area (Å²) in [4.78, 5) is 10.8. The van der Waals surface area contributed by atoms with Crippen LogP contribution in [0.25, 0.3) is 0 Å². The van der Waals surface area contributed by atoms with Crippen molar-refractivity contribution in [1.82, 2.24) is 0 Å². The summed E-state index contributed by atoms with van der Waals surface area (Å²) in [6.07, 6.45) is 1.79. The van der Waals surface area contributed by atoms with E-state index in [-0.39, 0.29) is 0 Å². The second-order valence-electron chi connectivity index (χ2n) is 3.85. The molecule has 0 aromatic carbocycles. The van der Waals surface area contributed by atoms with Gasteiger partial charge in [-0.3, -0.25) is 0 Å². The lowest BCUT2D eigenvalue weighted by molar-refractivity contribution is -0.164. The van der Waals surface area contributed by atoms with E-state index < -0.39 is 11.8 Å². The highest BCUT2D eigenvalue weighted by molar-refractivity contribution is 5.87. The van der Waals surface area contributed by atoms with Crippen LogP contribution in [0.1, 0.15) is 26.2 Å². The van der Waals surface area contributed by atoms with Crippen LogP contribution in [-0.2, 0) is 14.3 Å². The number of ether oxygens (including phenoxy) is 2. The molecule has 1 fully saturated rings. The summed E-state index contributed by atoms with van der Waals surface area (Å²) >= 11 is 0. The molecule has 0 aromatic rings. The third kappa shape index (κ3) is 1.55. The third-order valence-corrected chi connectivity index (χ3v) is 2.88. The molecule has 1 aliphatic heterocycles. The zero-order chi connectivity index (χ0) is 10.2. The first-order valence-corrected chi connectivity index (χ1v) is 4.83. The van der Waals surface area contributed by atoms with Gasteiger partial charge < -0.3 is 14.6 Å². The highest BCUT2D eigenvalue weighted by Gasteiger charge is 2.40. The van der Waals surface area contributed by atoms with E-state index in [1.807, 2.05) is 6.92 Å². The molecule has 1 heterocycles. The minimum Gasteiger partial charge on any atom is -0.478 e. The molecule has 0 atom stereocenters. The predicted octanol–water partition coefficient (Wildman–Crippen LogP) is 1.31. The van der Waals surface area contributed by atoms with E-state index in [0.29, 0.717) is 38.0 Å². The van der Waals surface area contributed by atoms with E-state index in [4.69, 9.17) is 14.6 Å². The minimum absolute atomic E-state index is 0.511. The summed E-state index contributed by atoms with van der Waals surface area (Å²) in [6.45, 7) is 3.08. The second kappa shape index (κ2) is 3.37. The third-order valence-electron chi connectivity index (χ3n) is 2.88. The van der Waals surface area contributed by atoms with Gasteiger partial charge in [0.1, 0.15) is 0 Å². The van der Waals surface area contributed by atoms with Gasteiger partial charge >= 0.3 is 5.97 Å². The topological polar surface area (TPSA) is 55.8 Å². The van der Waals surface area contributed by atoms with Crippen molar-refractivity contribution in [3.63, 3.8) is 0 Å². The summed E-state index contributed by atoms with van der Waals surface area (Å²) in [6, 6.07) is 0. The fourth-order valence-electron chi connectivity index (χ4n) is 2.16. The van der Waals surface area contributed by atoms with Gasteiger partial charge in [0.15, 0.2) is 5.79 Å². The smallest absolute Gasteiger partial charge is 0.331 e. The summed E-state index contributed by atoms with van der Waals surface area (Å²) in [5.74, 6) is -1.32. The quantitative estimate of drug-likeness (QED) is 0.690. The molecule has 4 heteroatoms. The Morgan fingerprint density at radius 3 is 2.57 bits per heavy atom. The Hall–Kier alpha value is -0.870. The van der Waals surface area contributed by atoms with E-state index in [2.05, 4.69) is 0 Å². The van der Waals surface area contributed by atoms with Gasteiger partial charge in [0.05, 0.1) is 13.2 Å². The van der Waals surface area contributed by atoms with Gasteiger partial charge in [0.2, 0.25) is 0 Å². The van der Waals surface area contributed by atoms with Gasteiger partial charge in [-0.05, 0) is 13.3 Å². The van der Waals surface area contributed by atoms with E-state index in [1.165, 1.54) is 0 Å². The minimum atomic E-state index is -0.810. The van der Waals surface area contributed by atoms with Crippen LogP contribution < -0.4 is 0 Å². The second-order valence-corrected chi connectivity index (χ2v) is 3.85. The van der Waals surface area contributed by atoms with Crippen LogP contribution in [0.3, 0.4) is 0 Å². The molecule has 1 spiro atoms. The van der Waals surface area contributed by atoms with Crippen LogP contribution in [0.4, 0.5) is 0 Å². The SMILES string of the molecule is CC1=C(C(=O)O)CCC2(C1)OCCO2. The molecule has 1 N–H and O–H groups in total. The Morgan fingerprint density at radius 2 is 2.07 bits per heavy atom. The van der Waals surface area contributed by atoms with Gasteiger partial charge in [0.25, 0.3) is 0 Å². The summed E-state index contributed by atoms with van der Waals surface area (Å²) in [5.41, 5.74) is 1.40. The first-order chi connectivity index (χ1) is 6.63. The lowest BCUT2D eigenvalue weighted by Gasteiger charge is -2.32. The average molecular weight is 198 g/mol. The monoisotopic (exact) mass is 198 g/mol. The Bertz CT molecular complexity index is 286. The molecule has 2 rings (SSSR count). The molecule has 4 nitrogen and oxygen atoms in total. The van der Waals surface area contributed by atoms with Crippen molar-refractivity contribution in [2.45, 2.75) is 32.0 Å². The molecule has 0 unspecified atom stereocenters. The van der Waals surface area contributed by atoms with E-state index in [0.717, 1.165) is 5.57 Å². The maximum Gasteiger partial charge on any atom is 0.331 e. The molecule has 0 saturated carbocycles. The molecule has 1 aliphatic carbocycles. The molecule has 0 amide bonds. The number of rotatable bonds is 1. The lowest BCUT2D eigenvalue weighted by Crippen LogP contribution is -2.34. The van der Waals surface area contributed by atoms with Crippen LogP contribution in [0.15, 0.2) is 11.1 Å². The van der Waals surface area contributed by atoms with Crippen LogP contribution >= 0.6 is 0 Å². The van der Waals surface area contributed by atoms with Crippen LogP contribution in [-0.4, -0.2) is 30.1 Å². The molecule has 0 bridgehead atoms. The maximum atomic E-state index is 10.8. The first kappa shape index (κ1) is 9.68. The van der Waals surface area contributed by atoms with E-state index in [9.17, 15) is 4.79 Å². The summed E-state index contributed by atoms with van der Waals surface area (Å²) in [5, 5.41) is 8.90. The molecule has 0 radical (unpaired) electrons. The van der Waals surface area contributed by atoms with Crippen LogP contribution in [0.2, 0.25) is 0 Å². The van der Waals surface area contributed by atoms with Crippen molar-refractivity contribution in [2.24, 2.45) is 0 Å². The molecular weight excluding hydrogens is 184 g/mol. The molecular formula is C10H14O4. The standard InChI is InChI=1S/C10H14O4/c1-7-6-10(13-4-5-14-10)3-2-8(7)9(11)12/h2-6H2,1H3,(H,11,12). The van der Waals surface area contributed by atoms with Crippen molar-refractivity contribution >= 4 is 5.97 Å². The average Bonchev–Trinajstić information content (AvgIpc) is 2.52. The van der Waals surface area contributed by atoms with Crippen molar-refractivity contribution in [1.29, 1.82) is 0 Å². The highest BCUT2D eigenvalue weighted by Crippen LogP contribution is 2.38. The Labute approximate surface area is 82.5 Å². The molecule has 78 valence electrons. The number of hydrogen-bond donors (Lipinski definition) is 1. The number of hydrogen-bond acceptors (Lipinski definition) is 3. The number of carboxylic acid groups (broad SMARTS) is 1. The maximum absolute atomic E-state index is 10.8. The normalized spacial score (nSPS) is 25.8. The van der Waals surface area contributed by atoms with Crippen molar-refractivity contribution in [3.05, 3.63) is 11.1 Å². The fourth-order valence-corrected chi connectivity index (χ4v) is 2.16. The van der Waals surface area contributed by atoms with Gasteiger partial charge in [0, 0.05) is 18.4 Å². The summed E-state index contributed by atoms with van der Waals surface area (Å²) < 4.78 is 11.1. The van der Waals surface area contributed by atoms with Crippen LogP contribution in [0, 0.1) is 0 Å². The molecule has 2 aliphatic rings. The van der Waals surface area contributed by atoms with E-state index in [1.54, 1.807) is 0 Å². The van der Waals surface area contributed by atoms with Crippen molar-refractivity contribution < 1.29 is 19.4 Å². The zero-order valence-corrected chi connectivity index (χ0v) is 8.21. The molecule has 14 heavy (non-hydrogen) atoms. The van der Waals surface area contributed by atoms with E-state index >= 15 is 0 Å². The van der Waals surface area contributed by atoms with Crippen LogP contribution in [0.5, 0.6) is 0 Å². The van der Waals surface area contributed by atoms with Gasteiger partial charge in [-0.25, -0.2) is 4.79 Å². The Morgan fingerprint density at radius 1 is 1.43 bits per heavy atom. The van der Waals surface area contributed by atoms with Crippen molar-refractivity contribution in [3.8, 4) is 0 Å². The first-order valence-electron chi connectivity index (χ1n) is 4.83. The molecule has 1 saturated heterocycles.